The maximum atomic E-state index is 10.8. The van der Waals surface area contributed by atoms with Crippen molar-refractivity contribution in [2.45, 2.75) is 51.6 Å². The Bertz CT molecular complexity index is 137. The Balaban J connectivity index is 3.26. The highest BCUT2D eigenvalue weighted by molar-refractivity contribution is 5.75. The maximum Gasteiger partial charge on any atom is 0.219 e. The third kappa shape index (κ3) is 7.78. The van der Waals surface area contributed by atoms with Crippen LogP contribution in [0.1, 0.15) is 45.4 Å². The molecule has 3 heteroatoms. The number of aliphatic hydroxyl groups is 1. The summed E-state index contributed by atoms with van der Waals surface area (Å²) < 4.78 is 0. The quantitative estimate of drug-likeness (QED) is 0.634. The predicted molar refractivity (Wildman–Crippen MR) is 53.4 cm³/mol. The molecule has 78 valence electrons. The first kappa shape index (κ1) is 12.4. The Morgan fingerprint density at radius 2 is 2.00 bits per heavy atom. The minimum Gasteiger partial charge on any atom is -0.393 e. The van der Waals surface area contributed by atoms with Crippen molar-refractivity contribution in [2.24, 2.45) is 0 Å². The van der Waals surface area contributed by atoms with Crippen LogP contribution in [0.3, 0.4) is 0 Å². The second-order valence-electron chi connectivity index (χ2n) is 3.36. The summed E-state index contributed by atoms with van der Waals surface area (Å²) in [4.78, 5) is 10.8. The van der Waals surface area contributed by atoms with E-state index in [0.29, 0.717) is 6.42 Å². The Kier molecular flexibility index (Phi) is 7.69. The Hall–Kier alpha value is -0.570. The molecule has 1 amide bonds. The van der Waals surface area contributed by atoms with E-state index < -0.39 is 0 Å². The molecule has 1 unspecified atom stereocenters. The van der Waals surface area contributed by atoms with Crippen LogP contribution in [0, 0.1) is 0 Å². The zero-order valence-electron chi connectivity index (χ0n) is 8.68. The van der Waals surface area contributed by atoms with E-state index >= 15 is 0 Å². The summed E-state index contributed by atoms with van der Waals surface area (Å²) in [6, 6.07) is 0. The van der Waals surface area contributed by atoms with Crippen LogP contribution in [-0.4, -0.2) is 24.2 Å². The fourth-order valence-corrected chi connectivity index (χ4v) is 1.21. The third-order valence-corrected chi connectivity index (χ3v) is 2.11. The summed E-state index contributed by atoms with van der Waals surface area (Å²) in [6.45, 7) is 2.11. The molecule has 0 aliphatic rings. The van der Waals surface area contributed by atoms with Crippen molar-refractivity contribution < 1.29 is 9.90 Å². The van der Waals surface area contributed by atoms with E-state index in [-0.39, 0.29) is 12.0 Å². The van der Waals surface area contributed by atoms with Crippen molar-refractivity contribution in [2.75, 3.05) is 7.05 Å². The van der Waals surface area contributed by atoms with Gasteiger partial charge in [0.05, 0.1) is 6.10 Å². The number of carbonyl (C=O) groups excluding carboxylic acids is 1. The van der Waals surface area contributed by atoms with E-state index in [1.807, 2.05) is 0 Å². The molecule has 0 spiro atoms. The van der Waals surface area contributed by atoms with Crippen molar-refractivity contribution in [3.63, 3.8) is 0 Å². The first-order valence-corrected chi connectivity index (χ1v) is 5.09. The van der Waals surface area contributed by atoms with Crippen molar-refractivity contribution in [3.8, 4) is 0 Å². The molecule has 0 aliphatic heterocycles. The standard InChI is InChI=1S/C10H21NO2/c1-3-4-6-9(12)7-5-8-10(13)11-2/h9,12H,3-8H2,1-2H3,(H,11,13). The molecule has 0 aliphatic carbocycles. The number of unbranched alkanes of at least 4 members (excludes halogenated alkanes) is 1. The van der Waals surface area contributed by atoms with Gasteiger partial charge in [-0.15, -0.1) is 0 Å². The number of hydrogen-bond donors (Lipinski definition) is 2. The van der Waals surface area contributed by atoms with Gasteiger partial charge in [0, 0.05) is 13.5 Å². The molecule has 0 aromatic carbocycles. The molecule has 0 saturated heterocycles. The number of nitrogens with one attached hydrogen (secondary N) is 1. The summed E-state index contributed by atoms with van der Waals surface area (Å²) >= 11 is 0. The van der Waals surface area contributed by atoms with Gasteiger partial charge >= 0.3 is 0 Å². The van der Waals surface area contributed by atoms with Crippen molar-refractivity contribution in [1.29, 1.82) is 0 Å². The summed E-state index contributed by atoms with van der Waals surface area (Å²) in [7, 11) is 1.63. The number of amides is 1. The zero-order valence-corrected chi connectivity index (χ0v) is 8.68. The number of aliphatic hydroxyl groups excluding tert-OH is 1. The molecule has 0 fully saturated rings. The molecule has 0 saturated carbocycles. The zero-order chi connectivity index (χ0) is 10.1. The van der Waals surface area contributed by atoms with Gasteiger partial charge in [0.15, 0.2) is 0 Å². The van der Waals surface area contributed by atoms with E-state index in [1.54, 1.807) is 7.05 Å². The van der Waals surface area contributed by atoms with E-state index in [4.69, 9.17) is 0 Å². The molecule has 1 atom stereocenters. The van der Waals surface area contributed by atoms with Gasteiger partial charge in [0.1, 0.15) is 0 Å². The summed E-state index contributed by atoms with van der Waals surface area (Å²) in [5.74, 6) is 0.0580. The van der Waals surface area contributed by atoms with Crippen molar-refractivity contribution in [3.05, 3.63) is 0 Å². The number of carbonyl (C=O) groups is 1. The van der Waals surface area contributed by atoms with Gasteiger partial charge in [-0.1, -0.05) is 19.8 Å². The predicted octanol–water partition coefficient (Wildman–Crippen LogP) is 1.45. The number of hydrogen-bond acceptors (Lipinski definition) is 2. The van der Waals surface area contributed by atoms with Crippen molar-refractivity contribution in [1.82, 2.24) is 5.32 Å². The third-order valence-electron chi connectivity index (χ3n) is 2.11. The fraction of sp³-hybridized carbons (Fsp3) is 0.900. The van der Waals surface area contributed by atoms with Gasteiger partial charge in [-0.2, -0.15) is 0 Å². The molecular formula is C10H21NO2. The van der Waals surface area contributed by atoms with Gasteiger partial charge in [-0.25, -0.2) is 0 Å². The lowest BCUT2D eigenvalue weighted by Gasteiger charge is -2.08. The lowest BCUT2D eigenvalue weighted by Crippen LogP contribution is -2.18. The topological polar surface area (TPSA) is 49.3 Å². The summed E-state index contributed by atoms with van der Waals surface area (Å²) in [6.07, 6.45) is 4.89. The average molecular weight is 187 g/mol. The van der Waals surface area contributed by atoms with Crippen LogP contribution in [0.5, 0.6) is 0 Å². The van der Waals surface area contributed by atoms with Crippen LogP contribution < -0.4 is 5.32 Å². The average Bonchev–Trinajstić information content (AvgIpc) is 2.14. The normalized spacial score (nSPS) is 12.5. The Labute approximate surface area is 80.5 Å². The van der Waals surface area contributed by atoms with Gasteiger partial charge < -0.3 is 10.4 Å². The summed E-state index contributed by atoms with van der Waals surface area (Å²) in [5, 5.41) is 12.0. The molecule has 0 aromatic rings. The fourth-order valence-electron chi connectivity index (χ4n) is 1.21. The minimum atomic E-state index is -0.218. The highest BCUT2D eigenvalue weighted by atomic mass is 16.3. The highest BCUT2D eigenvalue weighted by Crippen LogP contribution is 2.07. The van der Waals surface area contributed by atoms with E-state index in [2.05, 4.69) is 12.2 Å². The van der Waals surface area contributed by atoms with Crippen molar-refractivity contribution >= 4 is 5.91 Å². The molecule has 0 rings (SSSR count). The molecule has 3 nitrogen and oxygen atoms in total. The van der Waals surface area contributed by atoms with Gasteiger partial charge in [0.25, 0.3) is 0 Å². The first-order valence-electron chi connectivity index (χ1n) is 5.09. The summed E-state index contributed by atoms with van der Waals surface area (Å²) in [5.41, 5.74) is 0. The van der Waals surface area contributed by atoms with Gasteiger partial charge in [-0.05, 0) is 19.3 Å². The Morgan fingerprint density at radius 1 is 1.38 bits per heavy atom. The highest BCUT2D eigenvalue weighted by Gasteiger charge is 2.04. The first-order chi connectivity index (χ1) is 6.20. The number of rotatable bonds is 7. The lowest BCUT2D eigenvalue weighted by molar-refractivity contribution is -0.120. The minimum absolute atomic E-state index is 0.0580. The van der Waals surface area contributed by atoms with Crippen LogP contribution in [0.2, 0.25) is 0 Å². The molecule has 13 heavy (non-hydrogen) atoms. The van der Waals surface area contributed by atoms with Crippen LogP contribution in [0.25, 0.3) is 0 Å². The molecule has 0 radical (unpaired) electrons. The monoisotopic (exact) mass is 187 g/mol. The van der Waals surface area contributed by atoms with Crippen LogP contribution in [0.4, 0.5) is 0 Å². The van der Waals surface area contributed by atoms with Crippen LogP contribution in [0.15, 0.2) is 0 Å². The second-order valence-corrected chi connectivity index (χ2v) is 3.36. The van der Waals surface area contributed by atoms with Crippen LogP contribution >= 0.6 is 0 Å². The molecule has 2 N–H and O–H groups in total. The van der Waals surface area contributed by atoms with E-state index in [9.17, 15) is 9.90 Å². The SMILES string of the molecule is CCCCC(O)CCCC(=O)NC. The second kappa shape index (κ2) is 8.05. The molecule has 0 heterocycles. The Morgan fingerprint density at radius 3 is 2.54 bits per heavy atom. The molecule has 0 bridgehead atoms. The smallest absolute Gasteiger partial charge is 0.219 e. The van der Waals surface area contributed by atoms with Gasteiger partial charge in [0.2, 0.25) is 5.91 Å². The lowest BCUT2D eigenvalue weighted by atomic mass is 10.1. The maximum absolute atomic E-state index is 10.8. The van der Waals surface area contributed by atoms with Gasteiger partial charge in [-0.3, -0.25) is 4.79 Å². The molecular weight excluding hydrogens is 166 g/mol. The van der Waals surface area contributed by atoms with E-state index in [0.717, 1.165) is 32.1 Å². The largest absolute Gasteiger partial charge is 0.393 e. The van der Waals surface area contributed by atoms with Crippen LogP contribution in [-0.2, 0) is 4.79 Å². The van der Waals surface area contributed by atoms with E-state index in [1.165, 1.54) is 0 Å². The molecule has 0 aromatic heterocycles.